The van der Waals surface area contributed by atoms with E-state index < -0.39 is 0 Å². The second kappa shape index (κ2) is 6.00. The van der Waals surface area contributed by atoms with Gasteiger partial charge in [-0.1, -0.05) is 25.1 Å². The minimum atomic E-state index is -0.238. The molecule has 0 radical (unpaired) electrons. The highest BCUT2D eigenvalue weighted by Gasteiger charge is 2.10. The zero-order chi connectivity index (χ0) is 13.0. The number of hydrogen-bond acceptors (Lipinski definition) is 3. The number of hydrogen-bond donors (Lipinski definition) is 0. The summed E-state index contributed by atoms with van der Waals surface area (Å²) in [6.07, 6.45) is 2.35. The zero-order valence-electron chi connectivity index (χ0n) is 10.6. The van der Waals surface area contributed by atoms with Crippen molar-refractivity contribution in [1.29, 1.82) is 0 Å². The number of rotatable bonds is 5. The lowest BCUT2D eigenvalue weighted by molar-refractivity contribution is 0.628. The highest BCUT2D eigenvalue weighted by molar-refractivity contribution is 7.99. The van der Waals surface area contributed by atoms with Gasteiger partial charge in [-0.2, -0.15) is 0 Å². The summed E-state index contributed by atoms with van der Waals surface area (Å²) in [5.41, 5.74) is 0.883. The first-order chi connectivity index (χ1) is 8.72. The molecular weight excluding hydrogens is 249 g/mol. The summed E-state index contributed by atoms with van der Waals surface area (Å²) in [5, 5.41) is 9.24. The van der Waals surface area contributed by atoms with Crippen LogP contribution in [0.3, 0.4) is 0 Å². The predicted octanol–water partition coefficient (Wildman–Crippen LogP) is 3.51. The molecule has 0 bridgehead atoms. The number of aromatic nitrogens is 3. The van der Waals surface area contributed by atoms with Crippen LogP contribution >= 0.6 is 11.8 Å². The van der Waals surface area contributed by atoms with Gasteiger partial charge in [-0.25, -0.2) is 4.39 Å². The largest absolute Gasteiger partial charge is 0.305 e. The molecule has 0 amide bonds. The van der Waals surface area contributed by atoms with Gasteiger partial charge in [0, 0.05) is 18.4 Å². The van der Waals surface area contributed by atoms with E-state index in [4.69, 9.17) is 0 Å². The van der Waals surface area contributed by atoms with E-state index in [0.717, 1.165) is 22.3 Å². The molecule has 0 aliphatic heterocycles. The van der Waals surface area contributed by atoms with Crippen molar-refractivity contribution in [1.82, 2.24) is 14.8 Å². The summed E-state index contributed by atoms with van der Waals surface area (Å²) in [7, 11) is 1.94. The van der Waals surface area contributed by atoms with Gasteiger partial charge in [0.25, 0.3) is 0 Å². The SMILES string of the molecule is CCCCSc1nnc(-c2ccc(F)cc2)n1C. The lowest BCUT2D eigenvalue weighted by atomic mass is 10.2. The molecule has 0 unspecified atom stereocenters. The fraction of sp³-hybridized carbons (Fsp3) is 0.385. The number of benzene rings is 1. The molecule has 2 aromatic rings. The van der Waals surface area contributed by atoms with Crippen molar-refractivity contribution in [3.8, 4) is 11.4 Å². The normalized spacial score (nSPS) is 10.8. The summed E-state index contributed by atoms with van der Waals surface area (Å²) in [4.78, 5) is 0. The van der Waals surface area contributed by atoms with E-state index in [1.165, 1.54) is 25.0 Å². The van der Waals surface area contributed by atoms with Crippen LogP contribution in [-0.2, 0) is 7.05 Å². The zero-order valence-corrected chi connectivity index (χ0v) is 11.4. The summed E-state index contributed by atoms with van der Waals surface area (Å²) >= 11 is 1.71. The van der Waals surface area contributed by atoms with Crippen LogP contribution in [0.1, 0.15) is 19.8 Å². The van der Waals surface area contributed by atoms with Gasteiger partial charge < -0.3 is 4.57 Å². The monoisotopic (exact) mass is 265 g/mol. The first-order valence-corrected chi connectivity index (χ1v) is 6.99. The number of nitrogens with zero attached hydrogens (tertiary/aromatic N) is 3. The predicted molar refractivity (Wildman–Crippen MR) is 72.0 cm³/mol. The molecule has 0 saturated carbocycles. The molecule has 0 fully saturated rings. The van der Waals surface area contributed by atoms with Gasteiger partial charge in [0.05, 0.1) is 0 Å². The van der Waals surface area contributed by atoms with Gasteiger partial charge in [0.2, 0.25) is 0 Å². The Morgan fingerprint density at radius 3 is 2.61 bits per heavy atom. The average molecular weight is 265 g/mol. The second-order valence-electron chi connectivity index (χ2n) is 4.07. The van der Waals surface area contributed by atoms with Crippen molar-refractivity contribution in [2.45, 2.75) is 24.9 Å². The molecule has 0 saturated heterocycles. The maximum Gasteiger partial charge on any atom is 0.191 e. The van der Waals surface area contributed by atoms with Crippen molar-refractivity contribution in [2.24, 2.45) is 7.05 Å². The van der Waals surface area contributed by atoms with Gasteiger partial charge >= 0.3 is 0 Å². The smallest absolute Gasteiger partial charge is 0.191 e. The van der Waals surface area contributed by atoms with Crippen LogP contribution in [0.4, 0.5) is 4.39 Å². The first-order valence-electron chi connectivity index (χ1n) is 6.00. The number of halogens is 1. The summed E-state index contributed by atoms with van der Waals surface area (Å²) in [5.74, 6) is 1.58. The topological polar surface area (TPSA) is 30.7 Å². The average Bonchev–Trinajstić information content (AvgIpc) is 2.73. The Hall–Kier alpha value is -1.36. The Labute approximate surface area is 110 Å². The van der Waals surface area contributed by atoms with E-state index >= 15 is 0 Å². The molecular formula is C13H16FN3S. The molecule has 18 heavy (non-hydrogen) atoms. The molecule has 2 rings (SSSR count). The lowest BCUT2D eigenvalue weighted by Crippen LogP contribution is -1.95. The summed E-state index contributed by atoms with van der Waals surface area (Å²) < 4.78 is 14.8. The summed E-state index contributed by atoms with van der Waals surface area (Å²) in [6.45, 7) is 2.17. The Balaban J connectivity index is 2.17. The third-order valence-electron chi connectivity index (χ3n) is 2.67. The van der Waals surface area contributed by atoms with E-state index in [2.05, 4.69) is 17.1 Å². The van der Waals surface area contributed by atoms with Gasteiger partial charge in [-0.3, -0.25) is 0 Å². The van der Waals surface area contributed by atoms with Crippen LogP contribution in [0.2, 0.25) is 0 Å². The van der Waals surface area contributed by atoms with Crippen LogP contribution in [0.5, 0.6) is 0 Å². The second-order valence-corrected chi connectivity index (χ2v) is 5.14. The molecule has 0 N–H and O–H groups in total. The Morgan fingerprint density at radius 1 is 1.22 bits per heavy atom. The fourth-order valence-corrected chi connectivity index (χ4v) is 2.59. The molecule has 0 aliphatic rings. The van der Waals surface area contributed by atoms with Gasteiger partial charge in [-0.05, 0) is 30.7 Å². The van der Waals surface area contributed by atoms with Gasteiger partial charge in [-0.15, -0.1) is 10.2 Å². The Morgan fingerprint density at radius 2 is 1.94 bits per heavy atom. The molecule has 0 spiro atoms. The van der Waals surface area contributed by atoms with Crippen LogP contribution in [0, 0.1) is 5.82 Å². The van der Waals surface area contributed by atoms with Crippen molar-refractivity contribution < 1.29 is 4.39 Å². The molecule has 5 heteroatoms. The van der Waals surface area contributed by atoms with Crippen LogP contribution in [0.15, 0.2) is 29.4 Å². The van der Waals surface area contributed by atoms with E-state index in [9.17, 15) is 4.39 Å². The Kier molecular flexibility index (Phi) is 4.36. The fourth-order valence-electron chi connectivity index (χ4n) is 1.60. The highest BCUT2D eigenvalue weighted by atomic mass is 32.2. The molecule has 1 aromatic heterocycles. The van der Waals surface area contributed by atoms with E-state index in [1.54, 1.807) is 23.9 Å². The maximum atomic E-state index is 12.9. The standard InChI is InChI=1S/C13H16FN3S/c1-3-4-9-18-13-16-15-12(17(13)2)10-5-7-11(14)8-6-10/h5-8H,3-4,9H2,1-2H3. The molecule has 0 atom stereocenters. The molecule has 0 aliphatic carbocycles. The van der Waals surface area contributed by atoms with Crippen molar-refractivity contribution in [3.63, 3.8) is 0 Å². The van der Waals surface area contributed by atoms with Crippen molar-refractivity contribution in [2.75, 3.05) is 5.75 Å². The van der Waals surface area contributed by atoms with Crippen molar-refractivity contribution in [3.05, 3.63) is 30.1 Å². The number of unbranched alkanes of at least 4 members (excludes halogenated alkanes) is 1. The quantitative estimate of drug-likeness (QED) is 0.612. The van der Waals surface area contributed by atoms with Crippen molar-refractivity contribution >= 4 is 11.8 Å². The highest BCUT2D eigenvalue weighted by Crippen LogP contribution is 2.23. The van der Waals surface area contributed by atoms with Crippen LogP contribution in [-0.4, -0.2) is 20.5 Å². The molecule has 1 aromatic carbocycles. The van der Waals surface area contributed by atoms with Gasteiger partial charge in [0.15, 0.2) is 11.0 Å². The van der Waals surface area contributed by atoms with Gasteiger partial charge in [0.1, 0.15) is 5.82 Å². The number of thioether (sulfide) groups is 1. The minimum absolute atomic E-state index is 0.238. The van der Waals surface area contributed by atoms with Crippen LogP contribution in [0.25, 0.3) is 11.4 Å². The third-order valence-corrected chi connectivity index (χ3v) is 3.77. The minimum Gasteiger partial charge on any atom is -0.305 e. The first kappa shape index (κ1) is 13.1. The van der Waals surface area contributed by atoms with E-state index in [-0.39, 0.29) is 5.82 Å². The third kappa shape index (κ3) is 2.90. The Bertz CT molecular complexity index is 507. The maximum absolute atomic E-state index is 12.9. The van der Waals surface area contributed by atoms with E-state index in [0.29, 0.717) is 0 Å². The molecule has 96 valence electrons. The molecule has 3 nitrogen and oxygen atoms in total. The lowest BCUT2D eigenvalue weighted by Gasteiger charge is -2.03. The van der Waals surface area contributed by atoms with Crippen LogP contribution < -0.4 is 0 Å². The summed E-state index contributed by atoms with van der Waals surface area (Å²) in [6, 6.07) is 6.32. The molecule has 1 heterocycles. The van der Waals surface area contributed by atoms with E-state index in [1.807, 2.05) is 11.6 Å².